The van der Waals surface area contributed by atoms with Crippen molar-refractivity contribution in [1.29, 1.82) is 0 Å². The summed E-state index contributed by atoms with van der Waals surface area (Å²) in [5.41, 5.74) is 4.00. The van der Waals surface area contributed by atoms with Crippen LogP contribution >= 0.6 is 0 Å². The summed E-state index contributed by atoms with van der Waals surface area (Å²) in [5, 5.41) is 4.73. The lowest BCUT2D eigenvalue weighted by Crippen LogP contribution is -3.02. The molecule has 0 spiro atoms. The monoisotopic (exact) mass is 566 g/mol. The molecule has 7 heteroatoms. The van der Waals surface area contributed by atoms with Crippen molar-refractivity contribution in [2.24, 2.45) is 11.8 Å². The third kappa shape index (κ3) is 4.68. The van der Waals surface area contributed by atoms with Gasteiger partial charge >= 0.3 is 0 Å². The third-order valence-electron chi connectivity index (χ3n) is 9.03. The van der Waals surface area contributed by atoms with E-state index in [0.717, 1.165) is 45.3 Å². The number of Topliss-reactive ketones (excluding diaryl/α,β-unsaturated/α-hetero) is 1. The highest BCUT2D eigenvalue weighted by Crippen LogP contribution is 2.49. The molecule has 4 aromatic rings. The van der Waals surface area contributed by atoms with Crippen molar-refractivity contribution in [1.82, 2.24) is 0 Å². The SMILES string of the molecule is COc1ccccc1[C@H]1[NH2+][C@@H](c2ccccc2OC)C2C(=O)C1[C@H](c1ccccc1OC)[NH2+][C@H]2c1ccccc1OC. The molecule has 2 heterocycles. The molecule has 4 aromatic carbocycles. The summed E-state index contributed by atoms with van der Waals surface area (Å²) in [5.74, 6) is 2.62. The van der Waals surface area contributed by atoms with Gasteiger partial charge in [0.2, 0.25) is 0 Å². The fraction of sp³-hybridized carbons (Fsp3) is 0.286. The van der Waals surface area contributed by atoms with Gasteiger partial charge in [0.25, 0.3) is 0 Å². The number of para-hydroxylation sites is 4. The van der Waals surface area contributed by atoms with E-state index in [1.54, 1.807) is 28.4 Å². The predicted molar refractivity (Wildman–Crippen MR) is 159 cm³/mol. The van der Waals surface area contributed by atoms with Crippen LogP contribution in [0, 0.1) is 11.8 Å². The highest BCUT2D eigenvalue weighted by atomic mass is 16.5. The predicted octanol–water partition coefficient (Wildman–Crippen LogP) is 3.94. The average molecular weight is 567 g/mol. The van der Waals surface area contributed by atoms with E-state index in [-0.39, 0.29) is 41.8 Å². The van der Waals surface area contributed by atoms with E-state index in [0.29, 0.717) is 0 Å². The maximum atomic E-state index is 15.1. The van der Waals surface area contributed by atoms with Crippen LogP contribution in [0.2, 0.25) is 0 Å². The van der Waals surface area contributed by atoms with Gasteiger partial charge in [-0.3, -0.25) is 4.79 Å². The Morgan fingerprint density at radius 2 is 0.667 bits per heavy atom. The van der Waals surface area contributed by atoms with Crippen LogP contribution in [0.3, 0.4) is 0 Å². The number of piperidine rings is 2. The fourth-order valence-corrected chi connectivity index (χ4v) is 7.26. The lowest BCUT2D eigenvalue weighted by atomic mass is 9.63. The summed E-state index contributed by atoms with van der Waals surface area (Å²) in [7, 11) is 6.75. The molecule has 6 atom stereocenters. The first-order valence-electron chi connectivity index (χ1n) is 14.4. The molecule has 0 amide bonds. The van der Waals surface area contributed by atoms with E-state index in [1.165, 1.54) is 0 Å². The van der Waals surface area contributed by atoms with Gasteiger partial charge < -0.3 is 29.6 Å². The molecule has 0 saturated carbocycles. The zero-order valence-corrected chi connectivity index (χ0v) is 24.4. The Hall–Kier alpha value is -4.33. The number of ketones is 1. The van der Waals surface area contributed by atoms with E-state index in [1.807, 2.05) is 72.8 Å². The number of quaternary nitrogens is 2. The van der Waals surface area contributed by atoms with Crippen LogP contribution in [0.25, 0.3) is 0 Å². The number of ether oxygens (including phenoxy) is 4. The van der Waals surface area contributed by atoms with Crippen LogP contribution in [-0.2, 0) is 4.79 Å². The van der Waals surface area contributed by atoms with Crippen LogP contribution in [0.5, 0.6) is 23.0 Å². The number of hydrogen-bond acceptors (Lipinski definition) is 5. The van der Waals surface area contributed by atoms with Gasteiger partial charge in [0.05, 0.1) is 50.7 Å². The molecule has 7 nitrogen and oxygen atoms in total. The van der Waals surface area contributed by atoms with Gasteiger partial charge in [0.1, 0.15) is 59.0 Å². The zero-order valence-electron chi connectivity index (χ0n) is 24.4. The summed E-state index contributed by atoms with van der Waals surface area (Å²) in [4.78, 5) is 15.1. The van der Waals surface area contributed by atoms with Crippen LogP contribution in [-0.4, -0.2) is 34.2 Å². The number of methoxy groups -OCH3 is 4. The Kier molecular flexibility index (Phi) is 7.87. The van der Waals surface area contributed by atoms with E-state index < -0.39 is 0 Å². The second kappa shape index (κ2) is 11.9. The molecule has 0 aliphatic carbocycles. The lowest BCUT2D eigenvalue weighted by Gasteiger charge is -2.48. The molecule has 42 heavy (non-hydrogen) atoms. The van der Waals surface area contributed by atoms with Crippen LogP contribution < -0.4 is 29.6 Å². The van der Waals surface area contributed by atoms with Crippen molar-refractivity contribution in [3.63, 3.8) is 0 Å². The molecule has 216 valence electrons. The van der Waals surface area contributed by atoms with Crippen LogP contribution in [0.1, 0.15) is 46.4 Å². The zero-order chi connectivity index (χ0) is 29.2. The van der Waals surface area contributed by atoms with E-state index in [2.05, 4.69) is 34.9 Å². The normalized spacial score (nSPS) is 25.0. The molecule has 4 N–H and O–H groups in total. The molecule has 2 aliphatic rings. The Balaban J connectivity index is 1.59. The summed E-state index contributed by atoms with van der Waals surface area (Å²) >= 11 is 0. The molecule has 2 unspecified atom stereocenters. The van der Waals surface area contributed by atoms with E-state index in [9.17, 15) is 0 Å². The van der Waals surface area contributed by atoms with Gasteiger partial charge in [-0.15, -0.1) is 0 Å². The summed E-state index contributed by atoms with van der Waals surface area (Å²) < 4.78 is 23.4. The molecular formula is C35H38N2O5+2. The van der Waals surface area contributed by atoms with Gasteiger partial charge in [-0.2, -0.15) is 0 Å². The van der Waals surface area contributed by atoms with E-state index >= 15 is 4.79 Å². The van der Waals surface area contributed by atoms with Crippen molar-refractivity contribution < 1.29 is 34.4 Å². The van der Waals surface area contributed by atoms with E-state index in [4.69, 9.17) is 18.9 Å². The van der Waals surface area contributed by atoms with Gasteiger partial charge in [-0.25, -0.2) is 0 Å². The Labute approximate surface area is 246 Å². The molecular weight excluding hydrogens is 528 g/mol. The Bertz CT molecular complexity index is 1350. The van der Waals surface area contributed by atoms with Gasteiger partial charge in [-0.1, -0.05) is 48.5 Å². The number of hydrogen-bond donors (Lipinski definition) is 2. The minimum absolute atomic E-state index is 0.204. The summed E-state index contributed by atoms with van der Waals surface area (Å²) in [6.45, 7) is 0. The molecule has 2 saturated heterocycles. The quantitative estimate of drug-likeness (QED) is 0.338. The smallest absolute Gasteiger partial charge is 0.164 e. The molecule has 6 rings (SSSR count). The van der Waals surface area contributed by atoms with Crippen molar-refractivity contribution in [2.75, 3.05) is 28.4 Å². The molecule has 0 radical (unpaired) electrons. The van der Waals surface area contributed by atoms with Crippen LogP contribution in [0.4, 0.5) is 0 Å². The first-order valence-corrected chi connectivity index (χ1v) is 14.4. The Morgan fingerprint density at radius 3 is 0.905 bits per heavy atom. The minimum atomic E-state index is -0.348. The number of carbonyl (C=O) groups is 1. The number of rotatable bonds is 8. The first-order chi connectivity index (χ1) is 20.6. The molecule has 0 aromatic heterocycles. The number of fused-ring (bicyclic) bond motifs is 2. The molecule has 2 bridgehead atoms. The van der Waals surface area contributed by atoms with Crippen LogP contribution in [0.15, 0.2) is 97.1 Å². The summed E-state index contributed by atoms with van der Waals surface area (Å²) in [6.07, 6.45) is 0. The van der Waals surface area contributed by atoms with Crippen molar-refractivity contribution in [3.8, 4) is 23.0 Å². The van der Waals surface area contributed by atoms with Crippen molar-refractivity contribution >= 4 is 5.78 Å². The Morgan fingerprint density at radius 1 is 0.429 bits per heavy atom. The van der Waals surface area contributed by atoms with Crippen molar-refractivity contribution in [2.45, 2.75) is 24.2 Å². The standard InChI is InChI=1S/C35H36N2O5/c1-39-25-17-9-5-13-21(25)31-29-32(22-14-6-10-18-26(22)40-2)37-34(24-16-8-12-20-28(24)42-4)30(35(29)38)33(36-31)23-15-7-11-19-27(23)41-3/h5-20,29-34,36-37H,1-4H3/p+2/t29?,30?,31-,32-,33-,34+/m0/s1. The van der Waals surface area contributed by atoms with Gasteiger partial charge in [0, 0.05) is 0 Å². The number of benzene rings is 4. The maximum absolute atomic E-state index is 15.1. The average Bonchev–Trinajstić information content (AvgIpc) is 3.05. The second-order valence-electron chi connectivity index (χ2n) is 10.9. The molecule has 2 fully saturated rings. The maximum Gasteiger partial charge on any atom is 0.164 e. The second-order valence-corrected chi connectivity index (χ2v) is 10.9. The van der Waals surface area contributed by atoms with Gasteiger partial charge in [0.15, 0.2) is 5.78 Å². The third-order valence-corrected chi connectivity index (χ3v) is 9.03. The topological polar surface area (TPSA) is 87.2 Å². The number of carbonyl (C=O) groups excluding carboxylic acids is 1. The fourth-order valence-electron chi connectivity index (χ4n) is 7.26. The minimum Gasteiger partial charge on any atom is -0.496 e. The first kappa shape index (κ1) is 27.8. The lowest BCUT2D eigenvalue weighted by molar-refractivity contribution is -0.815. The van der Waals surface area contributed by atoms with Crippen molar-refractivity contribution in [3.05, 3.63) is 119 Å². The highest BCUT2D eigenvalue weighted by molar-refractivity contribution is 5.88. The molecule has 2 aliphatic heterocycles. The number of nitrogens with two attached hydrogens (primary N) is 2. The summed E-state index contributed by atoms with van der Waals surface area (Å²) in [6, 6.07) is 31.3. The highest BCUT2D eigenvalue weighted by Gasteiger charge is 2.62. The van der Waals surface area contributed by atoms with Gasteiger partial charge in [-0.05, 0) is 48.5 Å². The largest absolute Gasteiger partial charge is 0.496 e.